The van der Waals surface area contributed by atoms with E-state index in [-0.39, 0.29) is 6.09 Å². The highest BCUT2D eigenvalue weighted by Crippen LogP contribution is 2.36. The van der Waals surface area contributed by atoms with Gasteiger partial charge in [-0.2, -0.15) is 0 Å². The van der Waals surface area contributed by atoms with Crippen molar-refractivity contribution in [3.05, 3.63) is 0 Å². The van der Waals surface area contributed by atoms with Crippen molar-refractivity contribution in [1.29, 1.82) is 0 Å². The van der Waals surface area contributed by atoms with E-state index >= 15 is 0 Å². The van der Waals surface area contributed by atoms with Crippen LogP contribution < -0.4 is 5.32 Å². The number of carbonyl (C=O) groups excluding carboxylic acids is 1. The Kier molecular flexibility index (Phi) is 3.69. The van der Waals surface area contributed by atoms with E-state index in [1.807, 2.05) is 6.92 Å². The lowest BCUT2D eigenvalue weighted by Gasteiger charge is -2.36. The Morgan fingerprint density at radius 1 is 1.38 bits per heavy atom. The molecule has 2 atom stereocenters. The molecular weight excluding hydrogens is 204 g/mol. The molecule has 4 heteroatoms. The zero-order valence-corrected chi connectivity index (χ0v) is 10.2. The first-order valence-corrected chi connectivity index (χ1v) is 6.33. The lowest BCUT2D eigenvalue weighted by Crippen LogP contribution is -2.43. The van der Waals surface area contributed by atoms with Crippen molar-refractivity contribution in [3.63, 3.8) is 0 Å². The van der Waals surface area contributed by atoms with E-state index in [0.29, 0.717) is 12.5 Å². The second-order valence-corrected chi connectivity index (χ2v) is 4.99. The summed E-state index contributed by atoms with van der Waals surface area (Å²) in [5.41, 5.74) is 0. The Balaban J connectivity index is 1.74. The van der Waals surface area contributed by atoms with Gasteiger partial charge in [0.2, 0.25) is 0 Å². The number of carbonyl (C=O) groups is 1. The lowest BCUT2D eigenvalue weighted by atomic mass is 9.91. The number of amides is 1. The monoisotopic (exact) mass is 226 g/mol. The predicted octanol–water partition coefficient (Wildman–Crippen LogP) is 1.61. The van der Waals surface area contributed by atoms with Gasteiger partial charge in [0.05, 0.1) is 6.61 Å². The van der Waals surface area contributed by atoms with Gasteiger partial charge in [0.15, 0.2) is 0 Å². The van der Waals surface area contributed by atoms with E-state index in [2.05, 4.69) is 17.3 Å². The van der Waals surface area contributed by atoms with E-state index in [9.17, 15) is 4.79 Å². The van der Waals surface area contributed by atoms with Crippen LogP contribution in [0.1, 0.15) is 32.6 Å². The first-order chi connectivity index (χ1) is 7.70. The van der Waals surface area contributed by atoms with Crippen molar-refractivity contribution in [3.8, 4) is 0 Å². The van der Waals surface area contributed by atoms with Crippen molar-refractivity contribution in [2.45, 2.75) is 44.7 Å². The van der Waals surface area contributed by atoms with Crippen LogP contribution in [0.2, 0.25) is 0 Å². The Bertz CT molecular complexity index is 243. The fraction of sp³-hybridized carbons (Fsp3) is 0.917. The third-order valence-corrected chi connectivity index (χ3v) is 4.01. The van der Waals surface area contributed by atoms with Crippen molar-refractivity contribution < 1.29 is 9.53 Å². The number of hydrogen-bond acceptors (Lipinski definition) is 3. The molecule has 0 aromatic carbocycles. The number of nitrogens with one attached hydrogen (secondary N) is 1. The molecule has 4 nitrogen and oxygen atoms in total. The van der Waals surface area contributed by atoms with Crippen LogP contribution >= 0.6 is 0 Å². The minimum atomic E-state index is -0.270. The van der Waals surface area contributed by atoms with Crippen LogP contribution in [0, 0.1) is 5.92 Å². The number of rotatable bonds is 3. The van der Waals surface area contributed by atoms with Crippen LogP contribution in [-0.2, 0) is 4.74 Å². The van der Waals surface area contributed by atoms with Crippen LogP contribution in [0.4, 0.5) is 4.79 Å². The van der Waals surface area contributed by atoms with Crippen LogP contribution in [-0.4, -0.2) is 43.3 Å². The second kappa shape index (κ2) is 5.04. The topological polar surface area (TPSA) is 41.6 Å². The number of alkyl carbamates (subject to hydrolysis) is 1. The van der Waals surface area contributed by atoms with Crippen molar-refractivity contribution in [2.75, 3.05) is 20.2 Å². The minimum Gasteiger partial charge on any atom is -0.450 e. The second-order valence-electron chi connectivity index (χ2n) is 4.99. The normalized spacial score (nSPS) is 33.8. The molecular formula is C12H22N2O2. The Hall–Kier alpha value is -0.770. The number of nitrogens with zero attached hydrogens (tertiary/aromatic N) is 1. The highest BCUT2D eigenvalue weighted by Gasteiger charge is 2.38. The molecule has 2 unspecified atom stereocenters. The molecule has 0 aromatic heterocycles. The van der Waals surface area contributed by atoms with Gasteiger partial charge in [-0.05, 0) is 45.6 Å². The van der Waals surface area contributed by atoms with E-state index in [0.717, 1.165) is 18.6 Å². The fourth-order valence-corrected chi connectivity index (χ4v) is 3.10. The van der Waals surface area contributed by atoms with Gasteiger partial charge in [0, 0.05) is 18.6 Å². The first kappa shape index (κ1) is 11.7. The maximum atomic E-state index is 11.2. The smallest absolute Gasteiger partial charge is 0.407 e. The highest BCUT2D eigenvalue weighted by molar-refractivity contribution is 5.67. The van der Waals surface area contributed by atoms with Gasteiger partial charge in [0.25, 0.3) is 0 Å². The van der Waals surface area contributed by atoms with Crippen LogP contribution in [0.15, 0.2) is 0 Å². The van der Waals surface area contributed by atoms with Crippen molar-refractivity contribution in [2.24, 2.45) is 5.92 Å². The summed E-state index contributed by atoms with van der Waals surface area (Å²) in [6, 6.07) is 1.49. The van der Waals surface area contributed by atoms with E-state index < -0.39 is 0 Å². The molecule has 2 bridgehead atoms. The minimum absolute atomic E-state index is 0.270. The molecule has 2 saturated heterocycles. The number of piperidine rings is 1. The molecule has 2 fully saturated rings. The molecule has 16 heavy (non-hydrogen) atoms. The highest BCUT2D eigenvalue weighted by atomic mass is 16.5. The number of ether oxygens (including phenoxy) is 1. The summed E-state index contributed by atoms with van der Waals surface area (Å²) in [7, 11) is 2.23. The molecule has 92 valence electrons. The van der Waals surface area contributed by atoms with Gasteiger partial charge in [-0.15, -0.1) is 0 Å². The van der Waals surface area contributed by atoms with Gasteiger partial charge >= 0.3 is 6.09 Å². The molecule has 0 radical (unpaired) electrons. The van der Waals surface area contributed by atoms with Gasteiger partial charge in [0.1, 0.15) is 0 Å². The molecule has 2 rings (SSSR count). The van der Waals surface area contributed by atoms with Crippen LogP contribution in [0.3, 0.4) is 0 Å². The van der Waals surface area contributed by atoms with E-state index in [1.54, 1.807) is 0 Å². The summed E-state index contributed by atoms with van der Waals surface area (Å²) in [6.45, 7) is 3.06. The van der Waals surface area contributed by atoms with E-state index in [1.165, 1.54) is 25.7 Å². The quantitative estimate of drug-likeness (QED) is 0.795. The van der Waals surface area contributed by atoms with Gasteiger partial charge in [-0.3, -0.25) is 0 Å². The summed E-state index contributed by atoms with van der Waals surface area (Å²) in [6.07, 6.45) is 4.83. The van der Waals surface area contributed by atoms with E-state index in [4.69, 9.17) is 4.74 Å². The number of fused-ring (bicyclic) bond motifs is 2. The fourth-order valence-electron chi connectivity index (χ4n) is 3.10. The third-order valence-electron chi connectivity index (χ3n) is 4.01. The molecule has 0 spiro atoms. The molecule has 1 amide bonds. The largest absolute Gasteiger partial charge is 0.450 e. The zero-order chi connectivity index (χ0) is 11.5. The molecule has 2 aliphatic rings. The summed E-state index contributed by atoms with van der Waals surface area (Å²) in [4.78, 5) is 13.7. The predicted molar refractivity (Wildman–Crippen MR) is 62.3 cm³/mol. The third kappa shape index (κ3) is 2.48. The van der Waals surface area contributed by atoms with Crippen LogP contribution in [0.5, 0.6) is 0 Å². The molecule has 0 saturated carbocycles. The molecule has 1 N–H and O–H groups in total. The number of hydrogen-bond donors (Lipinski definition) is 1. The van der Waals surface area contributed by atoms with Crippen LogP contribution in [0.25, 0.3) is 0 Å². The summed E-state index contributed by atoms with van der Waals surface area (Å²) >= 11 is 0. The molecule has 0 aliphatic carbocycles. The SMILES string of the molecule is CCOC(=O)NCC1CC2CCC(C1)N2C. The average Bonchev–Trinajstić information content (AvgIpc) is 2.52. The zero-order valence-electron chi connectivity index (χ0n) is 10.2. The van der Waals surface area contributed by atoms with Gasteiger partial charge in [-0.1, -0.05) is 0 Å². The maximum absolute atomic E-state index is 11.2. The standard InChI is InChI=1S/C12H22N2O2/c1-3-16-12(15)13-8-9-6-10-4-5-11(7-9)14(10)2/h9-11H,3-8H2,1-2H3,(H,13,15). The van der Waals surface area contributed by atoms with Gasteiger partial charge in [-0.25, -0.2) is 4.79 Å². The van der Waals surface area contributed by atoms with Crippen molar-refractivity contribution >= 4 is 6.09 Å². The van der Waals surface area contributed by atoms with Gasteiger partial charge < -0.3 is 15.0 Å². The Morgan fingerprint density at radius 2 is 2.00 bits per heavy atom. The lowest BCUT2D eigenvalue weighted by molar-refractivity contribution is 0.123. The maximum Gasteiger partial charge on any atom is 0.407 e. The molecule has 0 aromatic rings. The summed E-state index contributed by atoms with van der Waals surface area (Å²) < 4.78 is 4.86. The summed E-state index contributed by atoms with van der Waals surface area (Å²) in [5.74, 6) is 0.637. The van der Waals surface area contributed by atoms with Crippen molar-refractivity contribution in [1.82, 2.24) is 10.2 Å². The molecule has 2 heterocycles. The Morgan fingerprint density at radius 3 is 2.56 bits per heavy atom. The summed E-state index contributed by atoms with van der Waals surface area (Å²) in [5, 5.41) is 2.86. The molecule has 2 aliphatic heterocycles. The Labute approximate surface area is 97.3 Å². The average molecular weight is 226 g/mol. The first-order valence-electron chi connectivity index (χ1n) is 6.33.